The van der Waals surface area contributed by atoms with Gasteiger partial charge >= 0.3 is 18.1 Å². The highest BCUT2D eigenvalue weighted by molar-refractivity contribution is 5.84. The van der Waals surface area contributed by atoms with Crippen LogP contribution in [0.5, 0.6) is 0 Å². The first-order valence-corrected chi connectivity index (χ1v) is 18.4. The zero-order valence-electron chi connectivity index (χ0n) is 31.6. The van der Waals surface area contributed by atoms with E-state index in [0.717, 1.165) is 49.7 Å². The van der Waals surface area contributed by atoms with Gasteiger partial charge in [-0.2, -0.15) is 13.2 Å². The Hall–Kier alpha value is -6.04. The fourth-order valence-electron chi connectivity index (χ4n) is 6.72. The summed E-state index contributed by atoms with van der Waals surface area (Å²) >= 11 is 0. The van der Waals surface area contributed by atoms with Crippen LogP contribution in [0.3, 0.4) is 0 Å². The van der Waals surface area contributed by atoms with Gasteiger partial charge in [-0.25, -0.2) is 18.4 Å². The van der Waals surface area contributed by atoms with E-state index in [1.54, 1.807) is 41.1 Å². The SMILES string of the molecule is CN1CCC(N(Cc2ccc(-c3ccc(C(F)(F)F)cc3)nc2)C(=O)Cn2c(CCc3cccc(F)c3F)cc(=O)c3ccccc32)CC1.O=C(O)C(O)C(O)C(=O)O. The summed E-state index contributed by atoms with van der Waals surface area (Å²) in [6, 6.07) is 20.8. The van der Waals surface area contributed by atoms with Gasteiger partial charge in [-0.15, -0.1) is 0 Å². The molecule has 2 aromatic heterocycles. The van der Waals surface area contributed by atoms with Crippen LogP contribution in [0, 0.1) is 11.6 Å². The summed E-state index contributed by atoms with van der Waals surface area (Å²) in [5.41, 5.74) is 2.14. The lowest BCUT2D eigenvalue weighted by Crippen LogP contribution is -2.47. The van der Waals surface area contributed by atoms with Crippen molar-refractivity contribution in [3.05, 3.63) is 135 Å². The Morgan fingerprint density at radius 2 is 1.51 bits per heavy atom. The number of rotatable bonds is 12. The number of carboxylic acids is 2. The number of halogens is 5. The van der Waals surface area contributed by atoms with Crippen LogP contribution in [0.2, 0.25) is 0 Å². The van der Waals surface area contributed by atoms with Crippen LogP contribution in [-0.4, -0.2) is 96.0 Å². The molecule has 1 aliphatic heterocycles. The molecule has 0 aliphatic carbocycles. The molecule has 59 heavy (non-hydrogen) atoms. The number of benzene rings is 3. The highest BCUT2D eigenvalue weighted by Crippen LogP contribution is 2.31. The number of carboxylic acid groups (broad SMARTS) is 2. The molecule has 2 unspecified atom stereocenters. The lowest BCUT2D eigenvalue weighted by atomic mass is 10.0. The number of fused-ring (bicyclic) bond motifs is 1. The number of hydrogen-bond acceptors (Lipinski definition) is 8. The Morgan fingerprint density at radius 1 is 0.864 bits per heavy atom. The van der Waals surface area contributed by atoms with E-state index >= 15 is 0 Å². The van der Waals surface area contributed by atoms with Gasteiger partial charge in [0.2, 0.25) is 5.91 Å². The van der Waals surface area contributed by atoms with Crippen LogP contribution in [0.1, 0.15) is 35.2 Å². The van der Waals surface area contributed by atoms with Gasteiger partial charge in [0.1, 0.15) is 6.54 Å². The van der Waals surface area contributed by atoms with Crippen LogP contribution in [0.25, 0.3) is 22.2 Å². The van der Waals surface area contributed by atoms with Crippen molar-refractivity contribution in [2.75, 3.05) is 20.1 Å². The first-order valence-electron chi connectivity index (χ1n) is 18.4. The minimum Gasteiger partial charge on any atom is -0.479 e. The van der Waals surface area contributed by atoms with Crippen molar-refractivity contribution in [1.29, 1.82) is 0 Å². The number of nitrogens with zero attached hydrogens (tertiary/aromatic N) is 4. The van der Waals surface area contributed by atoms with E-state index in [4.69, 9.17) is 20.4 Å². The topological polar surface area (TPSA) is 173 Å². The molecule has 3 heterocycles. The average molecular weight is 825 g/mol. The van der Waals surface area contributed by atoms with E-state index in [2.05, 4.69) is 9.88 Å². The molecule has 0 saturated carbocycles. The Kier molecular flexibility index (Phi) is 14.3. The van der Waals surface area contributed by atoms with Gasteiger partial charge in [0, 0.05) is 41.5 Å². The second kappa shape index (κ2) is 19.1. The molecule has 1 fully saturated rings. The maximum atomic E-state index is 14.5. The van der Waals surface area contributed by atoms with Crippen molar-refractivity contribution in [2.45, 2.75) is 63.2 Å². The minimum atomic E-state index is -4.43. The number of aromatic nitrogens is 2. The molecular weight excluding hydrogens is 783 g/mol. The standard InChI is InChI=1S/C38H35F5N4O2.C4H6O6/c1-45-19-17-29(18-20-45)47(23-25-9-16-33(44-22-25)26-10-13-28(14-11-26)38(41,42)43)36(49)24-46-30(15-12-27-5-4-7-32(39)37(27)40)21-35(48)31-6-2-3-8-34(31)46;5-1(3(7)8)2(6)4(9)10/h2-11,13-14,16,21-22,29H,12,15,17-20,23-24H2,1H3;1-2,5-6H,(H,7,8)(H,9,10). The molecule has 0 bridgehead atoms. The van der Waals surface area contributed by atoms with Crippen LogP contribution in [0.4, 0.5) is 22.0 Å². The Morgan fingerprint density at radius 3 is 2.10 bits per heavy atom. The number of aryl methyl sites for hydroxylation is 2. The lowest BCUT2D eigenvalue weighted by molar-refractivity contribution is -0.165. The van der Waals surface area contributed by atoms with Crippen molar-refractivity contribution in [1.82, 2.24) is 19.4 Å². The van der Waals surface area contributed by atoms with Crippen LogP contribution in [-0.2, 0) is 46.5 Å². The molecule has 1 amide bonds. The fourth-order valence-corrected chi connectivity index (χ4v) is 6.72. The average Bonchev–Trinajstić information content (AvgIpc) is 3.21. The maximum Gasteiger partial charge on any atom is 0.416 e. The van der Waals surface area contributed by atoms with Gasteiger partial charge in [-0.05, 0) is 93.3 Å². The number of hydrogen-bond donors (Lipinski definition) is 4. The first kappa shape index (κ1) is 44.1. The molecule has 0 spiro atoms. The second-order valence-electron chi connectivity index (χ2n) is 14.1. The van der Waals surface area contributed by atoms with Gasteiger partial charge < -0.3 is 34.8 Å². The molecule has 12 nitrogen and oxygen atoms in total. The number of para-hydroxylation sites is 1. The lowest BCUT2D eigenvalue weighted by Gasteiger charge is -2.38. The van der Waals surface area contributed by atoms with Crippen LogP contribution < -0.4 is 5.43 Å². The smallest absolute Gasteiger partial charge is 0.416 e. The van der Waals surface area contributed by atoms with E-state index in [-0.39, 0.29) is 48.9 Å². The van der Waals surface area contributed by atoms with Crippen molar-refractivity contribution in [2.24, 2.45) is 0 Å². The molecule has 5 aromatic rings. The van der Waals surface area contributed by atoms with E-state index < -0.39 is 47.5 Å². The monoisotopic (exact) mass is 824 g/mol. The Labute approximate surface area is 334 Å². The van der Waals surface area contributed by atoms with Crippen molar-refractivity contribution in [3.63, 3.8) is 0 Å². The third-order valence-electron chi connectivity index (χ3n) is 10.0. The minimum absolute atomic E-state index is 0.0613. The molecule has 2 atom stereocenters. The van der Waals surface area contributed by atoms with Gasteiger partial charge in [-0.1, -0.05) is 42.5 Å². The summed E-state index contributed by atoms with van der Waals surface area (Å²) in [7, 11) is 2.03. The van der Waals surface area contributed by atoms with Crippen LogP contribution in [0.15, 0.2) is 95.9 Å². The predicted molar refractivity (Wildman–Crippen MR) is 205 cm³/mol. The summed E-state index contributed by atoms with van der Waals surface area (Å²) in [5.74, 6) is -5.59. The number of pyridine rings is 2. The molecule has 1 aliphatic rings. The molecule has 3 aromatic carbocycles. The molecular formula is C42H41F5N4O8. The molecule has 17 heteroatoms. The van der Waals surface area contributed by atoms with E-state index in [1.165, 1.54) is 30.3 Å². The largest absolute Gasteiger partial charge is 0.479 e. The second-order valence-corrected chi connectivity index (χ2v) is 14.1. The number of carbonyl (C=O) groups excluding carboxylic acids is 1. The van der Waals surface area contributed by atoms with E-state index in [0.29, 0.717) is 27.9 Å². The zero-order valence-corrected chi connectivity index (χ0v) is 31.6. The summed E-state index contributed by atoms with van der Waals surface area (Å²) < 4.78 is 69.4. The highest BCUT2D eigenvalue weighted by Gasteiger charge is 2.31. The number of aliphatic carboxylic acids is 2. The normalized spacial score (nSPS) is 14.6. The van der Waals surface area contributed by atoms with E-state index in [1.807, 2.05) is 18.0 Å². The zero-order chi connectivity index (χ0) is 43.0. The number of aliphatic hydroxyl groups excluding tert-OH is 2. The van der Waals surface area contributed by atoms with Crippen molar-refractivity contribution < 1.29 is 56.8 Å². The number of aliphatic hydroxyl groups is 2. The highest BCUT2D eigenvalue weighted by atomic mass is 19.4. The molecule has 4 N–H and O–H groups in total. The fraction of sp³-hybridized carbons (Fsp3) is 0.310. The quantitative estimate of drug-likeness (QED) is 0.123. The van der Waals surface area contributed by atoms with Gasteiger partial charge in [0.15, 0.2) is 29.3 Å². The molecule has 312 valence electrons. The number of alkyl halides is 3. The number of likely N-dealkylation sites (tertiary alicyclic amines) is 1. The molecule has 6 rings (SSSR count). The summed E-state index contributed by atoms with van der Waals surface area (Å²) in [6.45, 7) is 1.80. The Bertz CT molecular complexity index is 2310. The van der Waals surface area contributed by atoms with Gasteiger partial charge in [0.25, 0.3) is 0 Å². The Balaban J connectivity index is 0.000000586. The third kappa shape index (κ3) is 11.1. The molecule has 1 saturated heterocycles. The van der Waals surface area contributed by atoms with Crippen LogP contribution >= 0.6 is 0 Å². The molecule has 0 radical (unpaired) electrons. The number of amides is 1. The number of piperidine rings is 1. The van der Waals surface area contributed by atoms with Crippen molar-refractivity contribution in [3.8, 4) is 11.3 Å². The third-order valence-corrected chi connectivity index (χ3v) is 10.0. The van der Waals surface area contributed by atoms with Crippen molar-refractivity contribution >= 4 is 28.7 Å². The predicted octanol–water partition coefficient (Wildman–Crippen LogP) is 5.15. The van der Waals surface area contributed by atoms with E-state index in [9.17, 15) is 41.1 Å². The summed E-state index contributed by atoms with van der Waals surface area (Å²) in [4.78, 5) is 55.5. The first-order chi connectivity index (χ1) is 27.9. The maximum absolute atomic E-state index is 14.5. The van der Waals surface area contributed by atoms with Gasteiger partial charge in [0.05, 0.1) is 16.8 Å². The number of carbonyl (C=O) groups is 3. The van der Waals surface area contributed by atoms with Gasteiger partial charge in [-0.3, -0.25) is 14.6 Å². The summed E-state index contributed by atoms with van der Waals surface area (Å²) in [5, 5.41) is 33.0. The summed E-state index contributed by atoms with van der Waals surface area (Å²) in [6.07, 6.45) is -5.47.